The molecule has 0 saturated carbocycles. The number of nitrogens with two attached hydrogens (primary N) is 1. The van der Waals surface area contributed by atoms with E-state index < -0.39 is 0 Å². The molecule has 104 valence electrons. The van der Waals surface area contributed by atoms with Crippen molar-refractivity contribution < 1.29 is 4.79 Å². The van der Waals surface area contributed by atoms with Gasteiger partial charge >= 0.3 is 0 Å². The molecule has 0 aliphatic heterocycles. The van der Waals surface area contributed by atoms with Crippen LogP contribution in [0.25, 0.3) is 0 Å². The van der Waals surface area contributed by atoms with Crippen molar-refractivity contribution in [3.8, 4) is 0 Å². The average molecular weight is 270 g/mol. The lowest BCUT2D eigenvalue weighted by Gasteiger charge is -2.08. The minimum absolute atomic E-state index is 0.167. The van der Waals surface area contributed by atoms with Crippen molar-refractivity contribution >= 4 is 11.7 Å². The van der Waals surface area contributed by atoms with Crippen LogP contribution >= 0.6 is 0 Å². The summed E-state index contributed by atoms with van der Waals surface area (Å²) in [7, 11) is 0. The Bertz CT molecular complexity index is 557. The molecular formula is C15H18N4O. The number of nitrogen functional groups attached to an aromatic ring is 1. The highest BCUT2D eigenvalue weighted by molar-refractivity contribution is 5.98. The molecule has 1 aromatic heterocycles. The Hall–Kier alpha value is -2.40. The topological polar surface area (TPSA) is 80.0 Å². The van der Waals surface area contributed by atoms with Crippen molar-refractivity contribution in [1.82, 2.24) is 10.3 Å². The van der Waals surface area contributed by atoms with E-state index in [0.717, 1.165) is 12.8 Å². The lowest BCUT2D eigenvalue weighted by atomic mass is 10.1. The highest BCUT2D eigenvalue weighted by Gasteiger charge is 2.10. The normalized spacial score (nSPS) is 10.1. The van der Waals surface area contributed by atoms with Gasteiger partial charge in [-0.3, -0.25) is 4.79 Å². The van der Waals surface area contributed by atoms with Crippen molar-refractivity contribution in [2.24, 2.45) is 5.84 Å². The second kappa shape index (κ2) is 7.25. The summed E-state index contributed by atoms with van der Waals surface area (Å²) in [5.41, 5.74) is 4.15. The third-order valence-corrected chi connectivity index (χ3v) is 2.96. The number of nitrogens with zero attached hydrogens (tertiary/aromatic N) is 1. The van der Waals surface area contributed by atoms with Gasteiger partial charge in [0.2, 0.25) is 0 Å². The van der Waals surface area contributed by atoms with Crippen LogP contribution in [-0.4, -0.2) is 17.4 Å². The lowest BCUT2D eigenvalue weighted by Crippen LogP contribution is -2.26. The molecule has 0 aliphatic rings. The molecule has 0 radical (unpaired) electrons. The Morgan fingerprint density at radius 1 is 1.15 bits per heavy atom. The summed E-state index contributed by atoms with van der Waals surface area (Å²) in [5, 5.41) is 2.87. The van der Waals surface area contributed by atoms with Gasteiger partial charge in [0.15, 0.2) is 5.82 Å². The lowest BCUT2D eigenvalue weighted by molar-refractivity contribution is 0.0953. The Kier molecular flexibility index (Phi) is 5.08. The van der Waals surface area contributed by atoms with E-state index in [1.807, 2.05) is 18.2 Å². The predicted molar refractivity (Wildman–Crippen MR) is 79.1 cm³/mol. The first-order chi connectivity index (χ1) is 9.81. The van der Waals surface area contributed by atoms with Crippen molar-refractivity contribution in [2.45, 2.75) is 12.8 Å². The van der Waals surface area contributed by atoms with E-state index >= 15 is 0 Å². The highest BCUT2D eigenvalue weighted by atomic mass is 16.1. The number of nitrogens with one attached hydrogen (secondary N) is 2. The first kappa shape index (κ1) is 14.0. The van der Waals surface area contributed by atoms with Gasteiger partial charge in [-0.1, -0.05) is 30.3 Å². The number of hydrogen-bond acceptors (Lipinski definition) is 4. The molecule has 5 nitrogen and oxygen atoms in total. The molecule has 2 aromatic rings. The Balaban J connectivity index is 1.81. The van der Waals surface area contributed by atoms with E-state index in [1.54, 1.807) is 18.3 Å². The molecule has 0 fully saturated rings. The molecule has 20 heavy (non-hydrogen) atoms. The van der Waals surface area contributed by atoms with Gasteiger partial charge in [-0.2, -0.15) is 0 Å². The van der Waals surface area contributed by atoms with Crippen LogP contribution in [0, 0.1) is 0 Å². The SMILES string of the molecule is NNc1ncccc1C(=O)NCCCc1ccccc1. The Morgan fingerprint density at radius 2 is 1.95 bits per heavy atom. The third kappa shape index (κ3) is 3.80. The van der Waals surface area contributed by atoms with Crippen LogP contribution in [0.2, 0.25) is 0 Å². The average Bonchev–Trinajstić information content (AvgIpc) is 2.52. The minimum Gasteiger partial charge on any atom is -0.352 e. The molecule has 4 N–H and O–H groups in total. The zero-order valence-corrected chi connectivity index (χ0v) is 11.2. The van der Waals surface area contributed by atoms with Crippen LogP contribution < -0.4 is 16.6 Å². The first-order valence-corrected chi connectivity index (χ1v) is 6.55. The van der Waals surface area contributed by atoms with Gasteiger partial charge in [-0.25, -0.2) is 10.8 Å². The molecule has 0 spiro atoms. The monoisotopic (exact) mass is 270 g/mol. The van der Waals surface area contributed by atoms with Crippen LogP contribution in [0.15, 0.2) is 48.7 Å². The van der Waals surface area contributed by atoms with Gasteiger partial charge in [-0.05, 0) is 30.5 Å². The van der Waals surface area contributed by atoms with E-state index in [9.17, 15) is 4.79 Å². The first-order valence-electron chi connectivity index (χ1n) is 6.55. The number of carbonyl (C=O) groups excluding carboxylic acids is 1. The maximum Gasteiger partial charge on any atom is 0.255 e. The number of benzene rings is 1. The van der Waals surface area contributed by atoms with Crippen molar-refractivity contribution in [1.29, 1.82) is 0 Å². The molecule has 2 rings (SSSR count). The number of hydrazine groups is 1. The van der Waals surface area contributed by atoms with Gasteiger partial charge in [0.25, 0.3) is 5.91 Å². The maximum atomic E-state index is 12.0. The molecule has 1 amide bonds. The number of anilines is 1. The van der Waals surface area contributed by atoms with E-state index in [2.05, 4.69) is 27.9 Å². The summed E-state index contributed by atoms with van der Waals surface area (Å²) >= 11 is 0. The number of amides is 1. The van der Waals surface area contributed by atoms with E-state index in [4.69, 9.17) is 5.84 Å². The second-order valence-corrected chi connectivity index (χ2v) is 4.39. The molecule has 5 heteroatoms. The number of aromatic nitrogens is 1. The van der Waals surface area contributed by atoms with Crippen LogP contribution in [0.1, 0.15) is 22.3 Å². The zero-order valence-electron chi connectivity index (χ0n) is 11.2. The van der Waals surface area contributed by atoms with Gasteiger partial charge in [0.1, 0.15) is 0 Å². The summed E-state index contributed by atoms with van der Waals surface area (Å²) < 4.78 is 0. The molecule has 0 unspecified atom stereocenters. The summed E-state index contributed by atoms with van der Waals surface area (Å²) in [6.07, 6.45) is 3.42. The predicted octanol–water partition coefficient (Wildman–Crippen LogP) is 1.73. The maximum absolute atomic E-state index is 12.0. The fourth-order valence-corrected chi connectivity index (χ4v) is 1.94. The molecule has 1 heterocycles. The minimum atomic E-state index is -0.167. The molecule has 0 aliphatic carbocycles. The molecular weight excluding hydrogens is 252 g/mol. The van der Waals surface area contributed by atoms with Crippen molar-refractivity contribution in [2.75, 3.05) is 12.0 Å². The standard InChI is InChI=1S/C15H18N4O/c16-19-14-13(9-5-10-17-14)15(20)18-11-4-8-12-6-2-1-3-7-12/h1-3,5-7,9-10H,4,8,11,16H2,(H,17,19)(H,18,20). The van der Waals surface area contributed by atoms with Gasteiger partial charge < -0.3 is 10.7 Å². The quantitative estimate of drug-likeness (QED) is 0.424. The van der Waals surface area contributed by atoms with E-state index in [-0.39, 0.29) is 5.91 Å². The molecule has 1 aromatic carbocycles. The van der Waals surface area contributed by atoms with Gasteiger partial charge in [-0.15, -0.1) is 0 Å². The smallest absolute Gasteiger partial charge is 0.255 e. The Labute approximate surface area is 118 Å². The fraction of sp³-hybridized carbons (Fsp3) is 0.200. The third-order valence-electron chi connectivity index (χ3n) is 2.96. The van der Waals surface area contributed by atoms with Crippen molar-refractivity contribution in [3.05, 3.63) is 59.8 Å². The number of hydrogen-bond donors (Lipinski definition) is 3. The molecule has 0 saturated heterocycles. The number of carbonyl (C=O) groups is 1. The van der Waals surface area contributed by atoms with Crippen LogP contribution in [0.3, 0.4) is 0 Å². The van der Waals surface area contributed by atoms with Crippen LogP contribution in [-0.2, 0) is 6.42 Å². The second-order valence-electron chi connectivity index (χ2n) is 4.39. The van der Waals surface area contributed by atoms with E-state index in [1.165, 1.54) is 5.56 Å². The van der Waals surface area contributed by atoms with Gasteiger partial charge in [0.05, 0.1) is 5.56 Å². The highest BCUT2D eigenvalue weighted by Crippen LogP contribution is 2.09. The van der Waals surface area contributed by atoms with Crippen molar-refractivity contribution in [3.63, 3.8) is 0 Å². The van der Waals surface area contributed by atoms with Crippen LogP contribution in [0.5, 0.6) is 0 Å². The number of pyridine rings is 1. The van der Waals surface area contributed by atoms with Crippen LogP contribution in [0.4, 0.5) is 5.82 Å². The van der Waals surface area contributed by atoms with E-state index in [0.29, 0.717) is 17.9 Å². The molecule has 0 bridgehead atoms. The Morgan fingerprint density at radius 3 is 2.70 bits per heavy atom. The zero-order chi connectivity index (χ0) is 14.2. The summed E-state index contributed by atoms with van der Waals surface area (Å²) in [5.74, 6) is 5.54. The number of rotatable bonds is 6. The summed E-state index contributed by atoms with van der Waals surface area (Å²) in [6, 6.07) is 13.6. The fourth-order valence-electron chi connectivity index (χ4n) is 1.94. The largest absolute Gasteiger partial charge is 0.352 e. The van der Waals surface area contributed by atoms with Gasteiger partial charge in [0, 0.05) is 12.7 Å². The summed E-state index contributed by atoms with van der Waals surface area (Å²) in [6.45, 7) is 0.618. The number of aryl methyl sites for hydroxylation is 1. The summed E-state index contributed by atoms with van der Waals surface area (Å²) in [4.78, 5) is 16.0. The molecule has 0 atom stereocenters.